The smallest absolute Gasteiger partial charge is 0.306 e. The van der Waals surface area contributed by atoms with Gasteiger partial charge in [0.25, 0.3) is 0 Å². The second kappa shape index (κ2) is 7.84. The first-order valence-corrected chi connectivity index (χ1v) is 7.67. The van der Waals surface area contributed by atoms with Gasteiger partial charge in [-0.1, -0.05) is 30.3 Å². The maximum atomic E-state index is 12.9. The van der Waals surface area contributed by atoms with Crippen LogP contribution in [0.15, 0.2) is 59.5 Å². The van der Waals surface area contributed by atoms with Crippen molar-refractivity contribution in [2.75, 3.05) is 12.9 Å². The van der Waals surface area contributed by atoms with Crippen LogP contribution < -0.4 is 0 Å². The van der Waals surface area contributed by atoms with Crippen molar-refractivity contribution in [1.29, 1.82) is 0 Å². The second-order valence-electron chi connectivity index (χ2n) is 4.65. The highest BCUT2D eigenvalue weighted by molar-refractivity contribution is 7.99. The first-order chi connectivity index (χ1) is 10.2. The Labute approximate surface area is 128 Å². The molecule has 0 heterocycles. The maximum absolute atomic E-state index is 12.9. The van der Waals surface area contributed by atoms with Crippen LogP contribution in [0.5, 0.6) is 0 Å². The number of hydrogen-bond acceptors (Lipinski definition) is 3. The van der Waals surface area contributed by atoms with Crippen molar-refractivity contribution in [3.05, 3.63) is 66.0 Å². The van der Waals surface area contributed by atoms with Crippen LogP contribution in [0.2, 0.25) is 0 Å². The molecule has 110 valence electrons. The Morgan fingerprint density at radius 1 is 1.14 bits per heavy atom. The average molecular weight is 304 g/mol. The second-order valence-corrected chi connectivity index (χ2v) is 5.75. The van der Waals surface area contributed by atoms with E-state index in [2.05, 4.69) is 0 Å². The number of benzene rings is 2. The Kier molecular flexibility index (Phi) is 5.81. The monoisotopic (exact) mass is 304 g/mol. The van der Waals surface area contributed by atoms with E-state index >= 15 is 0 Å². The number of methoxy groups -OCH3 is 1. The van der Waals surface area contributed by atoms with Crippen LogP contribution in [0, 0.1) is 5.82 Å². The van der Waals surface area contributed by atoms with E-state index in [9.17, 15) is 9.18 Å². The predicted octanol–water partition coefficient (Wildman–Crippen LogP) is 4.26. The van der Waals surface area contributed by atoms with Crippen LogP contribution in [0.4, 0.5) is 4.39 Å². The van der Waals surface area contributed by atoms with Gasteiger partial charge in [0, 0.05) is 16.6 Å². The molecule has 21 heavy (non-hydrogen) atoms. The lowest BCUT2D eigenvalue weighted by Gasteiger charge is -2.16. The van der Waals surface area contributed by atoms with Gasteiger partial charge in [0.1, 0.15) is 5.82 Å². The molecule has 1 atom stereocenters. The molecule has 2 aromatic rings. The predicted molar refractivity (Wildman–Crippen MR) is 82.9 cm³/mol. The molecule has 0 saturated carbocycles. The van der Waals surface area contributed by atoms with Crippen molar-refractivity contribution >= 4 is 17.7 Å². The van der Waals surface area contributed by atoms with Gasteiger partial charge in [-0.15, -0.1) is 11.8 Å². The normalized spacial score (nSPS) is 11.9. The standard InChI is InChI=1S/C17H17FO2S/c1-20-17(19)11-14(13-5-3-2-4-6-13)12-21-16-9-7-15(18)8-10-16/h2-10,14H,11-12H2,1H3. The minimum absolute atomic E-state index is 0.0775. The van der Waals surface area contributed by atoms with Gasteiger partial charge in [-0.25, -0.2) is 4.39 Å². The Balaban J connectivity index is 2.05. The molecule has 0 N–H and O–H groups in total. The topological polar surface area (TPSA) is 26.3 Å². The average Bonchev–Trinajstić information content (AvgIpc) is 2.53. The molecule has 0 amide bonds. The molecule has 0 aromatic heterocycles. The third-order valence-corrected chi connectivity index (χ3v) is 4.35. The van der Waals surface area contributed by atoms with Gasteiger partial charge in [-0.3, -0.25) is 4.79 Å². The van der Waals surface area contributed by atoms with Crippen molar-refractivity contribution in [1.82, 2.24) is 0 Å². The maximum Gasteiger partial charge on any atom is 0.306 e. The summed E-state index contributed by atoms with van der Waals surface area (Å²) >= 11 is 1.61. The van der Waals surface area contributed by atoms with E-state index < -0.39 is 0 Å². The number of carbonyl (C=O) groups excluding carboxylic acids is 1. The summed E-state index contributed by atoms with van der Waals surface area (Å²) in [6.45, 7) is 0. The third-order valence-electron chi connectivity index (χ3n) is 3.18. The number of carbonyl (C=O) groups is 1. The lowest BCUT2D eigenvalue weighted by molar-refractivity contribution is -0.140. The van der Waals surface area contributed by atoms with Gasteiger partial charge >= 0.3 is 5.97 Å². The Hall–Kier alpha value is -1.81. The van der Waals surface area contributed by atoms with Gasteiger partial charge in [0.05, 0.1) is 13.5 Å². The van der Waals surface area contributed by atoms with Gasteiger partial charge in [-0.05, 0) is 29.8 Å². The Bertz CT molecular complexity index is 569. The number of hydrogen-bond donors (Lipinski definition) is 0. The van der Waals surface area contributed by atoms with Crippen LogP contribution in [0.25, 0.3) is 0 Å². The van der Waals surface area contributed by atoms with E-state index in [4.69, 9.17) is 4.74 Å². The molecule has 0 spiro atoms. The molecule has 1 unspecified atom stereocenters. The van der Waals surface area contributed by atoms with E-state index in [1.165, 1.54) is 19.2 Å². The number of ether oxygens (including phenoxy) is 1. The van der Waals surface area contributed by atoms with Crippen LogP contribution in [0.3, 0.4) is 0 Å². The molecule has 0 saturated heterocycles. The van der Waals surface area contributed by atoms with Crippen LogP contribution in [-0.4, -0.2) is 18.8 Å². The minimum atomic E-state index is -0.242. The lowest BCUT2D eigenvalue weighted by atomic mass is 9.98. The summed E-state index contributed by atoms with van der Waals surface area (Å²) in [5, 5.41) is 0. The molecular weight excluding hydrogens is 287 g/mol. The number of esters is 1. The molecule has 0 bridgehead atoms. The van der Waals surface area contributed by atoms with E-state index in [0.29, 0.717) is 6.42 Å². The van der Waals surface area contributed by atoms with Crippen molar-refractivity contribution in [3.8, 4) is 0 Å². The summed E-state index contributed by atoms with van der Waals surface area (Å²) in [6.07, 6.45) is 0.342. The van der Waals surface area contributed by atoms with E-state index in [0.717, 1.165) is 16.2 Å². The van der Waals surface area contributed by atoms with E-state index in [-0.39, 0.29) is 17.7 Å². The summed E-state index contributed by atoms with van der Waals surface area (Å²) in [5.74, 6) is 0.357. The highest BCUT2D eigenvalue weighted by Crippen LogP contribution is 2.29. The van der Waals surface area contributed by atoms with E-state index in [1.54, 1.807) is 23.9 Å². The largest absolute Gasteiger partial charge is 0.469 e. The number of rotatable bonds is 6. The fraction of sp³-hybridized carbons (Fsp3) is 0.235. The van der Waals surface area contributed by atoms with Crippen molar-refractivity contribution in [3.63, 3.8) is 0 Å². The quantitative estimate of drug-likeness (QED) is 0.589. The van der Waals surface area contributed by atoms with Gasteiger partial charge in [0.15, 0.2) is 0 Å². The minimum Gasteiger partial charge on any atom is -0.469 e. The van der Waals surface area contributed by atoms with E-state index in [1.807, 2.05) is 30.3 Å². The molecule has 4 heteroatoms. The van der Waals surface area contributed by atoms with Crippen molar-refractivity contribution in [2.24, 2.45) is 0 Å². The van der Waals surface area contributed by atoms with Crippen LogP contribution in [0.1, 0.15) is 17.9 Å². The summed E-state index contributed by atoms with van der Waals surface area (Å²) < 4.78 is 17.7. The van der Waals surface area contributed by atoms with Crippen molar-refractivity contribution < 1.29 is 13.9 Å². The SMILES string of the molecule is COC(=O)CC(CSc1ccc(F)cc1)c1ccccc1. The Morgan fingerprint density at radius 3 is 2.43 bits per heavy atom. The molecule has 0 radical (unpaired) electrons. The highest BCUT2D eigenvalue weighted by atomic mass is 32.2. The summed E-state index contributed by atoms with van der Waals surface area (Å²) in [6, 6.07) is 16.3. The van der Waals surface area contributed by atoms with Gasteiger partial charge in [-0.2, -0.15) is 0 Å². The number of thioether (sulfide) groups is 1. The van der Waals surface area contributed by atoms with Gasteiger partial charge < -0.3 is 4.74 Å². The zero-order valence-electron chi connectivity index (χ0n) is 11.8. The van der Waals surface area contributed by atoms with Crippen LogP contribution >= 0.6 is 11.8 Å². The first kappa shape index (κ1) is 15.6. The Morgan fingerprint density at radius 2 is 1.81 bits per heavy atom. The molecule has 2 aromatic carbocycles. The fourth-order valence-electron chi connectivity index (χ4n) is 2.01. The molecule has 0 aliphatic heterocycles. The molecule has 0 aliphatic carbocycles. The van der Waals surface area contributed by atoms with Crippen molar-refractivity contribution in [2.45, 2.75) is 17.2 Å². The molecule has 0 fully saturated rings. The summed E-state index contributed by atoms with van der Waals surface area (Å²) in [4.78, 5) is 12.6. The zero-order valence-corrected chi connectivity index (χ0v) is 12.6. The number of halogens is 1. The molecular formula is C17H17FO2S. The zero-order chi connectivity index (χ0) is 15.1. The molecule has 2 nitrogen and oxygen atoms in total. The summed E-state index contributed by atoms with van der Waals surface area (Å²) in [7, 11) is 1.40. The van der Waals surface area contributed by atoms with Gasteiger partial charge in [0.2, 0.25) is 0 Å². The highest BCUT2D eigenvalue weighted by Gasteiger charge is 2.16. The third kappa shape index (κ3) is 4.90. The molecule has 0 aliphatic rings. The molecule has 2 rings (SSSR count). The first-order valence-electron chi connectivity index (χ1n) is 6.69. The lowest BCUT2D eigenvalue weighted by Crippen LogP contribution is -2.10. The fourth-order valence-corrected chi connectivity index (χ4v) is 3.04. The van der Waals surface area contributed by atoms with Crippen LogP contribution in [-0.2, 0) is 9.53 Å². The summed E-state index contributed by atoms with van der Waals surface area (Å²) in [5.41, 5.74) is 1.11.